The van der Waals surface area contributed by atoms with Gasteiger partial charge in [0, 0.05) is 12.8 Å². The number of ether oxygens (including phenoxy) is 2. The summed E-state index contributed by atoms with van der Waals surface area (Å²) >= 11 is 0. The number of carbonyl (C=O) groups excluding carboxylic acids is 1. The third-order valence-electron chi connectivity index (χ3n) is 6.08. The smallest absolute Gasteiger partial charge is 0.326 e. The van der Waals surface area contributed by atoms with Gasteiger partial charge < -0.3 is 19.9 Å². The first-order valence-corrected chi connectivity index (χ1v) is 12.5. The molecule has 38 heavy (non-hydrogen) atoms. The second-order valence-electron chi connectivity index (χ2n) is 9.00. The van der Waals surface area contributed by atoms with Gasteiger partial charge in [0.1, 0.15) is 24.5 Å². The van der Waals surface area contributed by atoms with Gasteiger partial charge in [0.05, 0.1) is 6.61 Å². The second-order valence-corrected chi connectivity index (χ2v) is 9.00. The first-order chi connectivity index (χ1) is 18.6. The third kappa shape index (κ3) is 8.32. The molecular weight excluding hydrogens is 478 g/mol. The van der Waals surface area contributed by atoms with E-state index in [1.54, 1.807) is 0 Å². The largest absolute Gasteiger partial charge is 0.489 e. The highest BCUT2D eigenvalue weighted by Crippen LogP contribution is 2.17. The Morgan fingerprint density at radius 1 is 0.632 bits per heavy atom. The van der Waals surface area contributed by atoms with E-state index in [-0.39, 0.29) is 19.4 Å². The van der Waals surface area contributed by atoms with Crippen LogP contribution in [0.5, 0.6) is 5.75 Å². The minimum atomic E-state index is -1.09. The Morgan fingerprint density at radius 2 is 1.13 bits per heavy atom. The lowest BCUT2D eigenvalue weighted by Crippen LogP contribution is -2.48. The molecule has 0 unspecified atom stereocenters. The van der Waals surface area contributed by atoms with Gasteiger partial charge in [-0.15, -0.1) is 0 Å². The van der Waals surface area contributed by atoms with Gasteiger partial charge in [0.2, 0.25) is 5.91 Å². The number of nitrogens with one attached hydrogen (secondary N) is 1. The molecule has 0 aromatic heterocycles. The maximum absolute atomic E-state index is 13.3. The standard InChI is InChI=1S/C32H31NO5/c34-31(33-29(32(35)36)20-24-10-4-1-5-11-24)30(38-23-27-14-8-3-9-15-27)21-25-16-18-28(19-17-25)37-22-26-12-6-2-7-13-26/h1-19,29-30H,20-23H2,(H,33,34)(H,35,36)/t29-,30-/m0/s1. The van der Waals surface area contributed by atoms with Crippen molar-refractivity contribution in [3.05, 3.63) is 138 Å². The van der Waals surface area contributed by atoms with Crippen LogP contribution in [0.4, 0.5) is 0 Å². The van der Waals surface area contributed by atoms with Crippen LogP contribution in [0, 0.1) is 0 Å². The maximum Gasteiger partial charge on any atom is 0.326 e. The Balaban J connectivity index is 1.42. The monoisotopic (exact) mass is 509 g/mol. The van der Waals surface area contributed by atoms with E-state index >= 15 is 0 Å². The van der Waals surface area contributed by atoms with Crippen LogP contribution in [0.15, 0.2) is 115 Å². The number of hydrogen-bond acceptors (Lipinski definition) is 4. The molecule has 1 amide bonds. The number of hydrogen-bond donors (Lipinski definition) is 2. The molecule has 0 saturated carbocycles. The number of carboxylic acid groups (broad SMARTS) is 1. The minimum absolute atomic E-state index is 0.181. The summed E-state index contributed by atoms with van der Waals surface area (Å²) < 4.78 is 11.9. The second kappa shape index (κ2) is 13.8. The van der Waals surface area contributed by atoms with Crippen LogP contribution < -0.4 is 10.1 Å². The summed E-state index contributed by atoms with van der Waals surface area (Å²) in [5.41, 5.74) is 3.70. The molecule has 0 aliphatic rings. The third-order valence-corrected chi connectivity index (χ3v) is 6.08. The van der Waals surface area contributed by atoms with Crippen LogP contribution in [0.2, 0.25) is 0 Å². The number of aliphatic carboxylic acids is 1. The van der Waals surface area contributed by atoms with Crippen LogP contribution in [-0.2, 0) is 40.4 Å². The topological polar surface area (TPSA) is 84.9 Å². The number of carboxylic acids is 1. The molecule has 0 aliphatic heterocycles. The van der Waals surface area contributed by atoms with Crippen molar-refractivity contribution in [2.45, 2.75) is 38.2 Å². The van der Waals surface area contributed by atoms with E-state index in [2.05, 4.69) is 5.32 Å². The number of benzene rings is 4. The van der Waals surface area contributed by atoms with E-state index in [1.807, 2.05) is 115 Å². The summed E-state index contributed by atoms with van der Waals surface area (Å²) in [5, 5.41) is 12.4. The van der Waals surface area contributed by atoms with E-state index in [9.17, 15) is 14.7 Å². The fourth-order valence-corrected chi connectivity index (χ4v) is 3.99. The van der Waals surface area contributed by atoms with Crippen LogP contribution in [0.3, 0.4) is 0 Å². The molecule has 4 aromatic rings. The Labute approximate surface area is 222 Å². The molecule has 0 saturated heterocycles. The van der Waals surface area contributed by atoms with Gasteiger partial charge >= 0.3 is 5.97 Å². The van der Waals surface area contributed by atoms with Crippen LogP contribution in [0.1, 0.15) is 22.3 Å². The summed E-state index contributed by atoms with van der Waals surface area (Å²) in [6.45, 7) is 0.691. The first kappa shape index (κ1) is 26.6. The average Bonchev–Trinajstić information content (AvgIpc) is 2.96. The lowest BCUT2D eigenvalue weighted by Gasteiger charge is -2.21. The lowest BCUT2D eigenvalue weighted by atomic mass is 10.0. The van der Waals surface area contributed by atoms with Gasteiger partial charge in [-0.3, -0.25) is 4.79 Å². The highest BCUT2D eigenvalue weighted by molar-refractivity contribution is 5.86. The molecule has 2 atom stereocenters. The summed E-state index contributed by atoms with van der Waals surface area (Å²) in [6, 6.07) is 35.1. The molecule has 0 bridgehead atoms. The first-order valence-electron chi connectivity index (χ1n) is 12.5. The molecule has 4 rings (SSSR count). The van der Waals surface area contributed by atoms with E-state index < -0.39 is 24.0 Å². The molecule has 6 heteroatoms. The highest BCUT2D eigenvalue weighted by atomic mass is 16.5. The molecule has 6 nitrogen and oxygen atoms in total. The fourth-order valence-electron chi connectivity index (χ4n) is 3.99. The Morgan fingerprint density at radius 3 is 1.68 bits per heavy atom. The predicted molar refractivity (Wildman–Crippen MR) is 146 cm³/mol. The Kier molecular flexibility index (Phi) is 9.65. The molecule has 0 spiro atoms. The molecular formula is C32H31NO5. The number of amides is 1. The van der Waals surface area contributed by atoms with Gasteiger partial charge in [0.25, 0.3) is 0 Å². The quantitative estimate of drug-likeness (QED) is 0.259. The Bertz CT molecular complexity index is 1280. The highest BCUT2D eigenvalue weighted by Gasteiger charge is 2.26. The van der Waals surface area contributed by atoms with Crippen molar-refractivity contribution in [3.63, 3.8) is 0 Å². The van der Waals surface area contributed by atoms with E-state index in [4.69, 9.17) is 9.47 Å². The van der Waals surface area contributed by atoms with Crippen molar-refractivity contribution in [1.29, 1.82) is 0 Å². The van der Waals surface area contributed by atoms with Gasteiger partial charge in [-0.05, 0) is 34.4 Å². The fraction of sp³-hybridized carbons (Fsp3) is 0.188. The average molecular weight is 510 g/mol. The van der Waals surface area contributed by atoms with Crippen molar-refractivity contribution in [2.75, 3.05) is 0 Å². The zero-order valence-corrected chi connectivity index (χ0v) is 21.0. The van der Waals surface area contributed by atoms with Crippen LogP contribution in [-0.4, -0.2) is 29.1 Å². The van der Waals surface area contributed by atoms with Crippen molar-refractivity contribution < 1.29 is 24.2 Å². The van der Waals surface area contributed by atoms with E-state index in [0.29, 0.717) is 6.61 Å². The summed E-state index contributed by atoms with van der Waals surface area (Å²) in [6.07, 6.45) is -0.403. The zero-order chi connectivity index (χ0) is 26.6. The van der Waals surface area contributed by atoms with Crippen molar-refractivity contribution in [2.24, 2.45) is 0 Å². The Hall–Kier alpha value is -4.42. The molecule has 4 aromatic carbocycles. The number of carbonyl (C=O) groups is 2. The SMILES string of the molecule is O=C(O)[C@H](Cc1ccccc1)NC(=O)[C@H](Cc1ccc(OCc2ccccc2)cc1)OCc1ccccc1. The molecule has 2 N–H and O–H groups in total. The lowest BCUT2D eigenvalue weighted by molar-refractivity contribution is -0.144. The van der Waals surface area contributed by atoms with Crippen molar-refractivity contribution in [3.8, 4) is 5.75 Å². The molecule has 0 fully saturated rings. The maximum atomic E-state index is 13.3. The van der Waals surface area contributed by atoms with Crippen molar-refractivity contribution in [1.82, 2.24) is 5.32 Å². The van der Waals surface area contributed by atoms with E-state index in [0.717, 1.165) is 28.0 Å². The summed E-state index contributed by atoms with van der Waals surface area (Å²) in [5.74, 6) is -0.838. The normalized spacial score (nSPS) is 12.3. The van der Waals surface area contributed by atoms with Gasteiger partial charge in [-0.1, -0.05) is 103 Å². The van der Waals surface area contributed by atoms with Crippen LogP contribution in [0.25, 0.3) is 0 Å². The molecule has 0 aliphatic carbocycles. The zero-order valence-electron chi connectivity index (χ0n) is 21.0. The molecule has 194 valence electrons. The van der Waals surface area contributed by atoms with Gasteiger partial charge in [-0.25, -0.2) is 4.79 Å². The van der Waals surface area contributed by atoms with Gasteiger partial charge in [-0.2, -0.15) is 0 Å². The van der Waals surface area contributed by atoms with Gasteiger partial charge in [0.15, 0.2) is 0 Å². The predicted octanol–water partition coefficient (Wildman–Crippen LogP) is 5.21. The molecule has 0 heterocycles. The van der Waals surface area contributed by atoms with Crippen LogP contribution >= 0.6 is 0 Å². The van der Waals surface area contributed by atoms with E-state index in [1.165, 1.54) is 0 Å². The van der Waals surface area contributed by atoms with Crippen molar-refractivity contribution >= 4 is 11.9 Å². The summed E-state index contributed by atoms with van der Waals surface area (Å²) in [4.78, 5) is 25.2. The minimum Gasteiger partial charge on any atom is -0.489 e. The molecule has 0 radical (unpaired) electrons. The summed E-state index contributed by atoms with van der Waals surface area (Å²) in [7, 11) is 0. The number of rotatable bonds is 13.